The zero-order valence-corrected chi connectivity index (χ0v) is 22.7. The third-order valence-corrected chi connectivity index (χ3v) is 8.75. The third-order valence-electron chi connectivity index (χ3n) is 7.25. The maximum absolute atomic E-state index is 14.2. The standard InChI is InChI=1S/C29H27ClN4O3S/c1-32-14-12-20-22-16-34(29(36)31-23-10-4-3-9-21(23)28(35)37-2)26(18-7-5-8-19(30)15-18)24-11-6-13-33(24)27(22)38-25(20)17-32/h3-11,13,15,26H,12,14,16-17H2,1-2H3,(H,31,36)/t26-/m0/s1. The lowest BCUT2D eigenvalue weighted by atomic mass is 10.0. The number of esters is 1. The van der Waals surface area contributed by atoms with E-state index in [1.807, 2.05) is 35.2 Å². The number of ether oxygens (including phenoxy) is 1. The third kappa shape index (κ3) is 4.28. The van der Waals surface area contributed by atoms with E-state index in [-0.39, 0.29) is 6.03 Å². The van der Waals surface area contributed by atoms with E-state index in [2.05, 4.69) is 34.1 Å². The molecule has 9 heteroatoms. The monoisotopic (exact) mass is 546 g/mol. The zero-order chi connectivity index (χ0) is 26.4. The zero-order valence-electron chi connectivity index (χ0n) is 21.1. The first kappa shape index (κ1) is 24.7. The summed E-state index contributed by atoms with van der Waals surface area (Å²) in [5, 5.41) is 4.77. The van der Waals surface area contributed by atoms with Crippen LogP contribution in [0.4, 0.5) is 10.5 Å². The largest absolute Gasteiger partial charge is 0.465 e. The van der Waals surface area contributed by atoms with E-state index < -0.39 is 12.0 Å². The molecule has 2 aromatic heterocycles. The predicted molar refractivity (Wildman–Crippen MR) is 149 cm³/mol. The molecule has 2 aromatic carbocycles. The Morgan fingerprint density at radius 2 is 1.89 bits per heavy atom. The lowest BCUT2D eigenvalue weighted by Crippen LogP contribution is -2.38. The van der Waals surface area contributed by atoms with Crippen LogP contribution in [0, 0.1) is 0 Å². The average molecular weight is 547 g/mol. The Morgan fingerprint density at radius 3 is 2.71 bits per heavy atom. The summed E-state index contributed by atoms with van der Waals surface area (Å²) >= 11 is 8.24. The summed E-state index contributed by atoms with van der Waals surface area (Å²) in [6.45, 7) is 2.31. The van der Waals surface area contributed by atoms with E-state index in [0.29, 0.717) is 22.8 Å². The summed E-state index contributed by atoms with van der Waals surface area (Å²) in [5.41, 5.74) is 5.12. The minimum Gasteiger partial charge on any atom is -0.465 e. The highest BCUT2D eigenvalue weighted by atomic mass is 35.5. The molecule has 194 valence electrons. The van der Waals surface area contributed by atoms with Crippen molar-refractivity contribution < 1.29 is 14.3 Å². The van der Waals surface area contributed by atoms with Crippen molar-refractivity contribution in [3.63, 3.8) is 0 Å². The average Bonchev–Trinajstić information content (AvgIpc) is 3.49. The molecule has 2 amide bonds. The molecule has 0 radical (unpaired) electrons. The lowest BCUT2D eigenvalue weighted by molar-refractivity contribution is 0.0602. The van der Waals surface area contributed by atoms with Gasteiger partial charge >= 0.3 is 12.0 Å². The number of hydrogen-bond acceptors (Lipinski definition) is 5. The fraction of sp³-hybridized carbons (Fsp3) is 0.241. The van der Waals surface area contributed by atoms with E-state index in [4.69, 9.17) is 16.3 Å². The van der Waals surface area contributed by atoms with Crippen LogP contribution < -0.4 is 5.32 Å². The van der Waals surface area contributed by atoms with Gasteiger partial charge in [-0.2, -0.15) is 0 Å². The number of fused-ring (bicyclic) bond motifs is 5. The van der Waals surface area contributed by atoms with Crippen LogP contribution in [-0.4, -0.2) is 47.1 Å². The van der Waals surface area contributed by atoms with Gasteiger partial charge in [0.15, 0.2) is 0 Å². The molecule has 2 aliphatic heterocycles. The van der Waals surface area contributed by atoms with Gasteiger partial charge in [0.25, 0.3) is 0 Å². The van der Waals surface area contributed by atoms with Crippen molar-refractivity contribution in [1.29, 1.82) is 0 Å². The topological polar surface area (TPSA) is 66.8 Å². The van der Waals surface area contributed by atoms with Gasteiger partial charge in [0.2, 0.25) is 0 Å². The van der Waals surface area contributed by atoms with Crippen molar-refractivity contribution in [1.82, 2.24) is 14.4 Å². The Bertz CT molecular complexity index is 1540. The molecular formula is C29H27ClN4O3S. The van der Waals surface area contributed by atoms with Gasteiger partial charge in [-0.15, -0.1) is 11.3 Å². The fourth-order valence-corrected chi connectivity index (χ4v) is 7.09. The molecule has 0 fully saturated rings. The van der Waals surface area contributed by atoms with Crippen molar-refractivity contribution in [2.75, 3.05) is 26.0 Å². The summed E-state index contributed by atoms with van der Waals surface area (Å²) in [7, 11) is 3.47. The summed E-state index contributed by atoms with van der Waals surface area (Å²) in [4.78, 5) is 32.1. The summed E-state index contributed by atoms with van der Waals surface area (Å²) < 4.78 is 7.17. The van der Waals surface area contributed by atoms with Crippen LogP contribution >= 0.6 is 22.9 Å². The maximum Gasteiger partial charge on any atom is 0.339 e. The molecule has 4 heterocycles. The van der Waals surface area contributed by atoms with Gasteiger partial charge in [-0.05, 0) is 61.0 Å². The molecule has 0 saturated carbocycles. The van der Waals surface area contributed by atoms with Crippen molar-refractivity contribution in [2.24, 2.45) is 0 Å². The molecule has 6 rings (SSSR count). The number of halogens is 1. The number of urea groups is 1. The first-order chi connectivity index (χ1) is 18.4. The van der Waals surface area contributed by atoms with Gasteiger partial charge in [0.1, 0.15) is 5.00 Å². The smallest absolute Gasteiger partial charge is 0.339 e. The van der Waals surface area contributed by atoms with Crippen LogP contribution in [0.25, 0.3) is 5.00 Å². The van der Waals surface area contributed by atoms with Gasteiger partial charge < -0.3 is 24.4 Å². The van der Waals surface area contributed by atoms with E-state index in [1.165, 1.54) is 23.1 Å². The van der Waals surface area contributed by atoms with Crippen LogP contribution in [0.15, 0.2) is 66.9 Å². The minimum atomic E-state index is -0.504. The summed E-state index contributed by atoms with van der Waals surface area (Å²) in [6, 6.07) is 17.9. The SMILES string of the molecule is COC(=O)c1ccccc1NC(=O)N1Cc2c(sc3c2CCN(C)C3)-n2cccc2[C@@H]1c1cccc(Cl)c1. The van der Waals surface area contributed by atoms with E-state index in [9.17, 15) is 9.59 Å². The number of anilines is 1. The van der Waals surface area contributed by atoms with Crippen LogP contribution in [0.2, 0.25) is 5.02 Å². The number of aromatic nitrogens is 1. The number of carbonyl (C=O) groups is 2. The number of thiophene rings is 1. The number of methoxy groups -OCH3 is 1. The first-order valence-corrected chi connectivity index (χ1v) is 13.6. The fourth-order valence-electron chi connectivity index (χ4n) is 5.45. The normalized spacial score (nSPS) is 16.7. The molecule has 2 aliphatic rings. The number of amides is 2. The van der Waals surface area contributed by atoms with Crippen LogP contribution in [0.5, 0.6) is 0 Å². The lowest BCUT2D eigenvalue weighted by Gasteiger charge is -2.32. The number of nitrogens with one attached hydrogen (secondary N) is 1. The molecular weight excluding hydrogens is 520 g/mol. The maximum atomic E-state index is 14.2. The molecule has 0 saturated heterocycles. The number of nitrogens with zero attached hydrogens (tertiary/aromatic N) is 3. The highest BCUT2D eigenvalue weighted by Gasteiger charge is 2.36. The Labute approximate surface area is 230 Å². The van der Waals surface area contributed by atoms with Crippen molar-refractivity contribution in [2.45, 2.75) is 25.6 Å². The highest BCUT2D eigenvalue weighted by molar-refractivity contribution is 7.15. The quantitative estimate of drug-likeness (QED) is 0.315. The second kappa shape index (κ2) is 9.94. The van der Waals surface area contributed by atoms with Gasteiger partial charge in [0.05, 0.1) is 36.6 Å². The van der Waals surface area contributed by atoms with E-state index in [1.54, 1.807) is 35.6 Å². The number of para-hydroxylation sites is 1. The molecule has 0 bridgehead atoms. The van der Waals surface area contributed by atoms with Crippen molar-refractivity contribution >= 4 is 40.6 Å². The Balaban J connectivity index is 1.49. The Hall–Kier alpha value is -3.59. The predicted octanol–water partition coefficient (Wildman–Crippen LogP) is 6.10. The molecule has 4 aromatic rings. The minimum absolute atomic E-state index is 0.303. The van der Waals surface area contributed by atoms with Gasteiger partial charge in [-0.3, -0.25) is 0 Å². The highest BCUT2D eigenvalue weighted by Crippen LogP contribution is 2.43. The van der Waals surface area contributed by atoms with Gasteiger partial charge in [-0.25, -0.2) is 9.59 Å². The van der Waals surface area contributed by atoms with E-state index >= 15 is 0 Å². The molecule has 0 spiro atoms. The van der Waals surface area contributed by atoms with Gasteiger partial charge in [-0.1, -0.05) is 35.9 Å². The molecule has 0 aliphatic carbocycles. The number of benzene rings is 2. The molecule has 7 nitrogen and oxygen atoms in total. The summed E-state index contributed by atoms with van der Waals surface area (Å²) in [5.74, 6) is -0.504. The Morgan fingerprint density at radius 1 is 1.05 bits per heavy atom. The molecule has 1 N–H and O–H groups in total. The van der Waals surface area contributed by atoms with Crippen molar-refractivity contribution in [3.8, 4) is 5.00 Å². The van der Waals surface area contributed by atoms with Gasteiger partial charge in [0, 0.05) is 34.7 Å². The number of hydrogen-bond donors (Lipinski definition) is 1. The second-order valence-electron chi connectivity index (χ2n) is 9.63. The van der Waals surface area contributed by atoms with Crippen LogP contribution in [0.1, 0.15) is 43.7 Å². The summed E-state index contributed by atoms with van der Waals surface area (Å²) in [6.07, 6.45) is 3.02. The number of likely N-dealkylation sites (N-methyl/N-ethyl adjacent to an activating group) is 1. The van der Waals surface area contributed by atoms with Crippen LogP contribution in [0.3, 0.4) is 0 Å². The van der Waals surface area contributed by atoms with Crippen molar-refractivity contribution in [3.05, 3.63) is 105 Å². The Kier molecular flexibility index (Phi) is 6.47. The molecule has 38 heavy (non-hydrogen) atoms. The second-order valence-corrected chi connectivity index (χ2v) is 11.2. The van der Waals surface area contributed by atoms with E-state index in [0.717, 1.165) is 35.8 Å². The van der Waals surface area contributed by atoms with Crippen LogP contribution in [-0.2, 0) is 24.2 Å². The number of carbonyl (C=O) groups excluding carboxylic acids is 2. The molecule has 0 unspecified atom stereocenters. The number of rotatable bonds is 3. The molecule has 1 atom stereocenters. The first-order valence-electron chi connectivity index (χ1n) is 12.4.